The van der Waals surface area contributed by atoms with E-state index in [0.29, 0.717) is 18.8 Å². The molecule has 0 bridgehead atoms. The van der Waals surface area contributed by atoms with E-state index in [1.54, 1.807) is 18.1 Å². The van der Waals surface area contributed by atoms with E-state index in [4.69, 9.17) is 9.47 Å². The Balaban J connectivity index is 0.00000363. The molecule has 0 aliphatic carbocycles. The van der Waals surface area contributed by atoms with Crippen molar-refractivity contribution < 1.29 is 19.1 Å². The Hall–Kier alpha value is -3.52. The number of likely N-dealkylation sites (N-methyl/N-ethyl adjacent to an activating group) is 1. The van der Waals surface area contributed by atoms with Crippen molar-refractivity contribution in [2.75, 3.05) is 32.1 Å². The van der Waals surface area contributed by atoms with E-state index in [1.165, 1.54) is 10.9 Å². The molecule has 1 heterocycles. The summed E-state index contributed by atoms with van der Waals surface area (Å²) in [4.78, 5) is 26.0. The summed E-state index contributed by atoms with van der Waals surface area (Å²) >= 11 is 0. The summed E-state index contributed by atoms with van der Waals surface area (Å²) < 4.78 is 12.6. The molecule has 3 rings (SSSR count). The van der Waals surface area contributed by atoms with Gasteiger partial charge in [0.1, 0.15) is 24.7 Å². The number of carbonyl (C=O) groups excluding carboxylic acids is 2. The molecule has 1 aromatic heterocycles. The van der Waals surface area contributed by atoms with Crippen LogP contribution in [0.1, 0.15) is 6.42 Å². The van der Waals surface area contributed by atoms with Gasteiger partial charge in [-0.25, -0.2) is 0 Å². The molecule has 170 valence electrons. The van der Waals surface area contributed by atoms with Gasteiger partial charge in [-0.1, -0.05) is 36.4 Å². The number of hydrogen-bond acceptors (Lipinski definition) is 5. The van der Waals surface area contributed by atoms with Gasteiger partial charge in [-0.2, -0.15) is 5.10 Å². The number of para-hydroxylation sites is 2. The molecule has 3 aromatic rings. The molecular formula is C23H27ClN4O4. The van der Waals surface area contributed by atoms with Gasteiger partial charge in [0.05, 0.1) is 31.5 Å². The minimum absolute atomic E-state index is 0. The van der Waals surface area contributed by atoms with Gasteiger partial charge in [0.25, 0.3) is 0 Å². The first-order chi connectivity index (χ1) is 15.1. The molecule has 8 nitrogen and oxygen atoms in total. The summed E-state index contributed by atoms with van der Waals surface area (Å²) in [7, 11) is 1.72. The van der Waals surface area contributed by atoms with Crippen molar-refractivity contribution in [3.63, 3.8) is 0 Å². The first-order valence-corrected chi connectivity index (χ1v) is 10.0. The van der Waals surface area contributed by atoms with Crippen LogP contribution in [0.15, 0.2) is 73.1 Å². The van der Waals surface area contributed by atoms with E-state index in [1.807, 2.05) is 60.7 Å². The van der Waals surface area contributed by atoms with Gasteiger partial charge in [-0.3, -0.25) is 14.3 Å². The number of amides is 2. The molecule has 2 aromatic carbocycles. The number of ether oxygens (including phenoxy) is 2. The fourth-order valence-corrected chi connectivity index (χ4v) is 2.72. The SMILES string of the molecule is CN(CCOc1ccccc1)C(=O)Cn1cc(NC(=O)CCOc2ccccc2)cn1.Cl. The highest BCUT2D eigenvalue weighted by Gasteiger charge is 2.11. The number of benzene rings is 2. The van der Waals surface area contributed by atoms with Crippen molar-refractivity contribution >= 4 is 29.9 Å². The van der Waals surface area contributed by atoms with Crippen LogP contribution in [0.5, 0.6) is 11.5 Å². The first-order valence-electron chi connectivity index (χ1n) is 10.0. The van der Waals surface area contributed by atoms with Crippen LogP contribution in [0.4, 0.5) is 5.69 Å². The number of hydrogen-bond donors (Lipinski definition) is 1. The van der Waals surface area contributed by atoms with Crippen molar-refractivity contribution in [2.45, 2.75) is 13.0 Å². The lowest BCUT2D eigenvalue weighted by Gasteiger charge is -2.17. The van der Waals surface area contributed by atoms with Crippen LogP contribution in [-0.2, 0) is 16.1 Å². The zero-order valence-electron chi connectivity index (χ0n) is 17.8. The van der Waals surface area contributed by atoms with E-state index in [2.05, 4.69) is 10.4 Å². The Morgan fingerprint density at radius 3 is 2.19 bits per heavy atom. The lowest BCUT2D eigenvalue weighted by molar-refractivity contribution is -0.131. The normalized spacial score (nSPS) is 10.0. The Morgan fingerprint density at radius 2 is 1.56 bits per heavy atom. The number of rotatable bonds is 11. The summed E-state index contributed by atoms with van der Waals surface area (Å²) in [6.45, 7) is 1.21. The number of carbonyl (C=O) groups is 2. The number of nitrogens with zero attached hydrogens (tertiary/aromatic N) is 3. The van der Waals surface area contributed by atoms with Gasteiger partial charge in [-0.05, 0) is 24.3 Å². The highest BCUT2D eigenvalue weighted by molar-refractivity contribution is 5.90. The Kier molecular flexibility index (Phi) is 10.1. The molecule has 1 N–H and O–H groups in total. The van der Waals surface area contributed by atoms with E-state index < -0.39 is 0 Å². The minimum Gasteiger partial charge on any atom is -0.493 e. The number of nitrogens with one attached hydrogen (secondary N) is 1. The maximum Gasteiger partial charge on any atom is 0.244 e. The third-order valence-electron chi connectivity index (χ3n) is 4.42. The summed E-state index contributed by atoms with van der Waals surface area (Å²) in [6, 6.07) is 18.8. The Morgan fingerprint density at radius 1 is 0.969 bits per heavy atom. The quantitative estimate of drug-likeness (QED) is 0.476. The summed E-state index contributed by atoms with van der Waals surface area (Å²) in [5.74, 6) is 1.20. The predicted molar refractivity (Wildman–Crippen MR) is 124 cm³/mol. The maximum absolute atomic E-state index is 12.4. The van der Waals surface area contributed by atoms with Crippen molar-refractivity contribution in [1.29, 1.82) is 0 Å². The van der Waals surface area contributed by atoms with Gasteiger partial charge in [-0.15, -0.1) is 12.4 Å². The standard InChI is InChI=1S/C23H26N4O4.ClH/c1-26(13-15-31-21-10-6-3-7-11-21)23(29)18-27-17-19(16-24-27)25-22(28)12-14-30-20-8-4-2-5-9-20;/h2-11,16-17H,12-15,18H2,1H3,(H,25,28);1H. The second-order valence-electron chi connectivity index (χ2n) is 6.86. The molecule has 0 aliphatic heterocycles. The van der Waals surface area contributed by atoms with Gasteiger partial charge in [0.2, 0.25) is 11.8 Å². The summed E-state index contributed by atoms with van der Waals surface area (Å²) in [5, 5.41) is 6.90. The van der Waals surface area contributed by atoms with Crippen LogP contribution in [0.3, 0.4) is 0 Å². The number of aromatic nitrogens is 2. The largest absolute Gasteiger partial charge is 0.493 e. The van der Waals surface area contributed by atoms with Crippen LogP contribution in [0.25, 0.3) is 0 Å². The average Bonchev–Trinajstić information content (AvgIpc) is 3.21. The zero-order valence-corrected chi connectivity index (χ0v) is 18.7. The molecule has 0 saturated heterocycles. The van der Waals surface area contributed by atoms with Gasteiger partial charge in [0.15, 0.2) is 0 Å². The fraction of sp³-hybridized carbons (Fsp3) is 0.261. The molecule has 9 heteroatoms. The van der Waals surface area contributed by atoms with Crippen molar-refractivity contribution in [3.8, 4) is 11.5 Å². The third kappa shape index (κ3) is 8.31. The average molecular weight is 459 g/mol. The second-order valence-corrected chi connectivity index (χ2v) is 6.86. The fourth-order valence-electron chi connectivity index (χ4n) is 2.72. The van der Waals surface area contributed by atoms with E-state index in [-0.39, 0.29) is 43.8 Å². The second kappa shape index (κ2) is 13.0. The van der Waals surface area contributed by atoms with Crippen LogP contribution >= 0.6 is 12.4 Å². The van der Waals surface area contributed by atoms with Crippen molar-refractivity contribution in [3.05, 3.63) is 73.1 Å². The smallest absolute Gasteiger partial charge is 0.244 e. The maximum atomic E-state index is 12.4. The van der Waals surface area contributed by atoms with Gasteiger partial charge in [0, 0.05) is 13.2 Å². The monoisotopic (exact) mass is 458 g/mol. The summed E-state index contributed by atoms with van der Waals surface area (Å²) in [6.07, 6.45) is 3.35. The highest BCUT2D eigenvalue weighted by atomic mass is 35.5. The molecule has 32 heavy (non-hydrogen) atoms. The number of halogens is 1. The Labute approximate surface area is 193 Å². The molecule has 0 saturated carbocycles. The lowest BCUT2D eigenvalue weighted by Crippen LogP contribution is -2.33. The molecule has 0 radical (unpaired) electrons. The molecular weight excluding hydrogens is 432 g/mol. The van der Waals surface area contributed by atoms with Crippen LogP contribution in [-0.4, -0.2) is 53.3 Å². The van der Waals surface area contributed by atoms with E-state index >= 15 is 0 Å². The van der Waals surface area contributed by atoms with Crippen LogP contribution in [0, 0.1) is 0 Å². The van der Waals surface area contributed by atoms with E-state index in [0.717, 1.165) is 11.5 Å². The summed E-state index contributed by atoms with van der Waals surface area (Å²) in [5.41, 5.74) is 0.535. The van der Waals surface area contributed by atoms with E-state index in [9.17, 15) is 9.59 Å². The molecule has 0 atom stereocenters. The first kappa shape index (κ1) is 24.7. The van der Waals surface area contributed by atoms with Crippen LogP contribution in [0.2, 0.25) is 0 Å². The molecule has 0 fully saturated rings. The molecule has 0 spiro atoms. The molecule has 0 aliphatic rings. The van der Waals surface area contributed by atoms with Crippen molar-refractivity contribution in [1.82, 2.24) is 14.7 Å². The van der Waals surface area contributed by atoms with Crippen molar-refractivity contribution in [2.24, 2.45) is 0 Å². The van der Waals surface area contributed by atoms with Gasteiger partial charge >= 0.3 is 0 Å². The zero-order chi connectivity index (χ0) is 21.9. The topological polar surface area (TPSA) is 85.7 Å². The number of anilines is 1. The van der Waals surface area contributed by atoms with Crippen LogP contribution < -0.4 is 14.8 Å². The predicted octanol–water partition coefficient (Wildman–Crippen LogP) is 3.25. The Bertz CT molecular complexity index is 966. The minimum atomic E-state index is -0.183. The third-order valence-corrected chi connectivity index (χ3v) is 4.42. The molecule has 2 amide bonds. The molecule has 0 unspecified atom stereocenters. The van der Waals surface area contributed by atoms with Gasteiger partial charge < -0.3 is 19.7 Å². The lowest BCUT2D eigenvalue weighted by atomic mass is 10.3. The highest BCUT2D eigenvalue weighted by Crippen LogP contribution is 2.10.